The van der Waals surface area contributed by atoms with Gasteiger partial charge in [-0.2, -0.15) is 0 Å². The number of carbonyl (C=O) groups excluding carboxylic acids is 2. The van der Waals surface area contributed by atoms with Crippen LogP contribution in [0.2, 0.25) is 0 Å². The maximum absolute atomic E-state index is 12.7. The van der Waals surface area contributed by atoms with Crippen molar-refractivity contribution in [1.82, 2.24) is 5.32 Å². The highest BCUT2D eigenvalue weighted by Gasteiger charge is 2.31. The van der Waals surface area contributed by atoms with Crippen molar-refractivity contribution in [2.24, 2.45) is 0 Å². The monoisotopic (exact) mass is 420 g/mol. The van der Waals surface area contributed by atoms with E-state index in [1.54, 1.807) is 7.11 Å². The first-order valence-corrected chi connectivity index (χ1v) is 11.5. The van der Waals surface area contributed by atoms with Crippen LogP contribution in [-0.4, -0.2) is 38.4 Å². The van der Waals surface area contributed by atoms with Gasteiger partial charge in [-0.05, 0) is 86.1 Å². The summed E-state index contributed by atoms with van der Waals surface area (Å²) in [6.07, 6.45) is 6.85. The van der Waals surface area contributed by atoms with Crippen molar-refractivity contribution in [3.63, 3.8) is 0 Å². The van der Waals surface area contributed by atoms with E-state index in [-0.39, 0.29) is 11.7 Å². The summed E-state index contributed by atoms with van der Waals surface area (Å²) in [7, 11) is 1.69. The third kappa shape index (κ3) is 5.16. The van der Waals surface area contributed by atoms with Gasteiger partial charge in [0, 0.05) is 24.9 Å². The Morgan fingerprint density at radius 2 is 1.87 bits per heavy atom. The minimum Gasteiger partial charge on any atom is -0.497 e. The zero-order valence-electron chi connectivity index (χ0n) is 18.4. The first kappa shape index (κ1) is 21.6. The second-order valence-corrected chi connectivity index (χ2v) is 8.52. The highest BCUT2D eigenvalue weighted by molar-refractivity contribution is 6.02. The molecule has 2 aliphatic rings. The van der Waals surface area contributed by atoms with Crippen LogP contribution >= 0.6 is 0 Å². The number of anilines is 1. The largest absolute Gasteiger partial charge is 0.497 e. The number of ether oxygens (including phenoxy) is 1. The van der Waals surface area contributed by atoms with Crippen LogP contribution in [0.25, 0.3) is 0 Å². The highest BCUT2D eigenvalue weighted by atomic mass is 16.5. The molecule has 0 spiro atoms. The number of methoxy groups -OCH3 is 1. The first-order chi connectivity index (χ1) is 15.2. The van der Waals surface area contributed by atoms with Gasteiger partial charge in [0.15, 0.2) is 5.78 Å². The quantitative estimate of drug-likeness (QED) is 0.439. The lowest BCUT2D eigenvalue weighted by atomic mass is 9.94. The molecular formula is C26H32N2O3. The van der Waals surface area contributed by atoms with Gasteiger partial charge in [0.1, 0.15) is 5.75 Å². The number of unbranched alkanes of at least 4 members (excludes halogenated alkanes) is 2. The van der Waals surface area contributed by atoms with Crippen molar-refractivity contribution < 1.29 is 14.3 Å². The van der Waals surface area contributed by atoms with Gasteiger partial charge < -0.3 is 15.0 Å². The fraction of sp³-hybridized carbons (Fsp3) is 0.462. The van der Waals surface area contributed by atoms with E-state index in [0.717, 1.165) is 75.2 Å². The summed E-state index contributed by atoms with van der Waals surface area (Å²) in [5.74, 6) is 1.36. The molecule has 0 saturated heterocycles. The van der Waals surface area contributed by atoms with Crippen LogP contribution in [0, 0.1) is 0 Å². The minimum absolute atomic E-state index is 0.224. The topological polar surface area (TPSA) is 58.6 Å². The summed E-state index contributed by atoms with van der Waals surface area (Å²) < 4.78 is 5.26. The summed E-state index contributed by atoms with van der Waals surface area (Å²) in [6.45, 7) is 2.69. The third-order valence-electron chi connectivity index (χ3n) is 6.36. The predicted molar refractivity (Wildman–Crippen MR) is 123 cm³/mol. The Labute approximate surface area is 184 Å². The molecular weight excluding hydrogens is 388 g/mol. The number of Topliss-reactive ketones (excluding diaryl/α,β-unsaturated/α-hetero) is 1. The van der Waals surface area contributed by atoms with Crippen LogP contribution in [0.3, 0.4) is 0 Å². The Morgan fingerprint density at radius 3 is 2.71 bits per heavy atom. The molecule has 2 aliphatic heterocycles. The Kier molecular flexibility index (Phi) is 7.03. The zero-order valence-corrected chi connectivity index (χ0v) is 18.4. The van der Waals surface area contributed by atoms with Gasteiger partial charge in [-0.1, -0.05) is 18.6 Å². The molecule has 4 rings (SSSR count). The number of rotatable bonds is 11. The summed E-state index contributed by atoms with van der Waals surface area (Å²) in [5.41, 5.74) is 5.56. The normalized spacial score (nSPS) is 14.6. The molecule has 0 bridgehead atoms. The smallest absolute Gasteiger partial charge is 0.227 e. The molecule has 0 saturated carbocycles. The van der Waals surface area contributed by atoms with Crippen LogP contribution in [0.15, 0.2) is 36.4 Å². The van der Waals surface area contributed by atoms with E-state index in [9.17, 15) is 9.59 Å². The molecule has 0 unspecified atom stereocenters. The summed E-state index contributed by atoms with van der Waals surface area (Å²) >= 11 is 0. The molecule has 0 aromatic heterocycles. The number of hydrogen-bond donors (Lipinski definition) is 1. The molecule has 0 atom stereocenters. The molecule has 1 amide bonds. The molecule has 1 N–H and O–H groups in total. The van der Waals surface area contributed by atoms with Crippen LogP contribution in [0.1, 0.15) is 59.2 Å². The molecule has 5 heteroatoms. The second kappa shape index (κ2) is 10.1. The maximum Gasteiger partial charge on any atom is 0.227 e. The Balaban J connectivity index is 1.15. The molecule has 0 aliphatic carbocycles. The average Bonchev–Trinajstić information content (AvgIpc) is 3.23. The van der Waals surface area contributed by atoms with Crippen molar-refractivity contribution in [2.45, 2.75) is 51.4 Å². The number of ketones is 1. The van der Waals surface area contributed by atoms with Gasteiger partial charge in [0.2, 0.25) is 5.91 Å². The molecule has 5 nitrogen and oxygen atoms in total. The minimum atomic E-state index is 0.224. The summed E-state index contributed by atoms with van der Waals surface area (Å²) in [4.78, 5) is 26.7. The lowest BCUT2D eigenvalue weighted by Gasteiger charge is -2.25. The fourth-order valence-corrected chi connectivity index (χ4v) is 4.66. The fourth-order valence-electron chi connectivity index (χ4n) is 4.66. The Hall–Kier alpha value is -2.66. The van der Waals surface area contributed by atoms with Gasteiger partial charge >= 0.3 is 0 Å². The number of carbonyl (C=O) groups is 2. The molecule has 2 heterocycles. The highest BCUT2D eigenvalue weighted by Crippen LogP contribution is 2.37. The molecule has 0 fully saturated rings. The predicted octanol–water partition coefficient (Wildman–Crippen LogP) is 4.11. The van der Waals surface area contributed by atoms with Crippen LogP contribution in [0.5, 0.6) is 5.75 Å². The van der Waals surface area contributed by atoms with Gasteiger partial charge in [0.05, 0.1) is 12.8 Å². The lowest BCUT2D eigenvalue weighted by molar-refractivity contribution is -0.118. The van der Waals surface area contributed by atoms with Crippen molar-refractivity contribution in [1.29, 1.82) is 0 Å². The van der Waals surface area contributed by atoms with E-state index in [1.807, 2.05) is 29.2 Å². The van der Waals surface area contributed by atoms with E-state index in [2.05, 4.69) is 17.4 Å². The van der Waals surface area contributed by atoms with Gasteiger partial charge in [-0.25, -0.2) is 0 Å². The third-order valence-corrected chi connectivity index (χ3v) is 6.36. The summed E-state index contributed by atoms with van der Waals surface area (Å²) in [6, 6.07) is 12.3. The molecule has 0 radical (unpaired) electrons. The number of nitrogens with zero attached hydrogens (tertiary/aromatic N) is 1. The van der Waals surface area contributed by atoms with Gasteiger partial charge in [-0.3, -0.25) is 9.59 Å². The van der Waals surface area contributed by atoms with Crippen LogP contribution in [-0.2, 0) is 24.1 Å². The molecule has 164 valence electrons. The van der Waals surface area contributed by atoms with Crippen molar-refractivity contribution in [3.05, 3.63) is 58.7 Å². The first-order valence-electron chi connectivity index (χ1n) is 11.5. The molecule has 2 aromatic rings. The van der Waals surface area contributed by atoms with Gasteiger partial charge in [-0.15, -0.1) is 0 Å². The second-order valence-electron chi connectivity index (χ2n) is 8.52. The van der Waals surface area contributed by atoms with Crippen LogP contribution in [0.4, 0.5) is 5.69 Å². The van der Waals surface area contributed by atoms with E-state index in [4.69, 9.17) is 4.74 Å². The lowest BCUT2D eigenvalue weighted by Crippen LogP contribution is -2.32. The standard InChI is InChI=1S/C26H32N2O3/c1-31-23-7-5-6-19(16-23)11-14-27-13-4-2-3-8-24(29)22-17-20-9-10-25(30)28-15-12-21(18-22)26(20)28/h5-7,16-18,27H,2-4,8-15H2,1H3. The van der Waals surface area contributed by atoms with E-state index >= 15 is 0 Å². The summed E-state index contributed by atoms with van der Waals surface area (Å²) in [5, 5.41) is 3.49. The van der Waals surface area contributed by atoms with Crippen LogP contribution < -0.4 is 15.0 Å². The molecule has 2 aromatic carbocycles. The van der Waals surface area contributed by atoms with Crippen molar-refractivity contribution >= 4 is 17.4 Å². The molecule has 31 heavy (non-hydrogen) atoms. The number of aryl methyl sites for hydroxylation is 1. The number of amides is 1. The van der Waals surface area contributed by atoms with Crippen molar-refractivity contribution in [3.8, 4) is 5.75 Å². The SMILES string of the molecule is COc1cccc(CCNCCCCCC(=O)c2cc3c4c(c2)CCN4C(=O)CC3)c1. The average molecular weight is 421 g/mol. The zero-order chi connectivity index (χ0) is 21.6. The number of nitrogens with one attached hydrogen (secondary N) is 1. The Bertz CT molecular complexity index is 954. The maximum atomic E-state index is 12.7. The Morgan fingerprint density at radius 1 is 1.03 bits per heavy atom. The number of benzene rings is 2. The van der Waals surface area contributed by atoms with E-state index < -0.39 is 0 Å². The van der Waals surface area contributed by atoms with E-state index in [1.165, 1.54) is 16.7 Å². The van der Waals surface area contributed by atoms with Gasteiger partial charge in [0.25, 0.3) is 0 Å². The van der Waals surface area contributed by atoms with Crippen molar-refractivity contribution in [2.75, 3.05) is 31.6 Å². The van der Waals surface area contributed by atoms with E-state index in [0.29, 0.717) is 12.8 Å². The number of hydrogen-bond acceptors (Lipinski definition) is 4.